The van der Waals surface area contributed by atoms with Gasteiger partial charge in [-0.1, -0.05) is 72.8 Å². The fourth-order valence-electron chi connectivity index (χ4n) is 4.91. The number of hydrogen-bond donors (Lipinski definition) is 3. The molecule has 214 valence electrons. The summed E-state index contributed by atoms with van der Waals surface area (Å²) in [6.07, 6.45) is 3.08. The quantitative estimate of drug-likeness (QED) is 0.146. The molecule has 0 aromatic heterocycles. The molecule has 0 bridgehead atoms. The van der Waals surface area contributed by atoms with Gasteiger partial charge in [0.05, 0.1) is 18.6 Å². The molecule has 0 radical (unpaired) electrons. The maximum absolute atomic E-state index is 13.5. The van der Waals surface area contributed by atoms with Gasteiger partial charge in [0, 0.05) is 5.69 Å². The summed E-state index contributed by atoms with van der Waals surface area (Å²) >= 11 is 0. The monoisotopic (exact) mass is 556 g/mol. The molecule has 1 saturated heterocycles. The van der Waals surface area contributed by atoms with Gasteiger partial charge in [-0.2, -0.15) is 5.90 Å². The molecule has 1 aliphatic heterocycles. The van der Waals surface area contributed by atoms with Crippen LogP contribution in [0.2, 0.25) is 0 Å². The molecule has 41 heavy (non-hydrogen) atoms. The van der Waals surface area contributed by atoms with Gasteiger partial charge in [-0.05, 0) is 68.5 Å². The van der Waals surface area contributed by atoms with Crippen molar-refractivity contribution in [1.29, 1.82) is 0 Å². The van der Waals surface area contributed by atoms with Crippen molar-refractivity contribution in [3.63, 3.8) is 0 Å². The van der Waals surface area contributed by atoms with Crippen LogP contribution >= 0.6 is 0 Å². The second-order valence-corrected chi connectivity index (χ2v) is 10.8. The molecule has 0 unspecified atom stereocenters. The zero-order chi connectivity index (χ0) is 29.4. The number of likely N-dealkylation sites (tertiary alicyclic amines) is 1. The number of benzene rings is 3. The molecule has 4 rings (SSSR count). The van der Waals surface area contributed by atoms with Crippen LogP contribution in [0.3, 0.4) is 0 Å². The summed E-state index contributed by atoms with van der Waals surface area (Å²) in [5.74, 6) is 4.23. The molecule has 1 heterocycles. The van der Waals surface area contributed by atoms with Crippen LogP contribution in [0.5, 0.6) is 0 Å². The first-order valence-corrected chi connectivity index (χ1v) is 13.5. The number of amides is 3. The average molecular weight is 557 g/mol. The van der Waals surface area contributed by atoms with E-state index in [0.717, 1.165) is 24.0 Å². The van der Waals surface area contributed by atoms with E-state index in [0.29, 0.717) is 11.3 Å². The number of nitrogens with one attached hydrogen (secondary N) is 2. The van der Waals surface area contributed by atoms with Crippen molar-refractivity contribution in [2.24, 2.45) is 5.90 Å². The van der Waals surface area contributed by atoms with Gasteiger partial charge in [0.1, 0.15) is 5.60 Å². The van der Waals surface area contributed by atoms with Crippen LogP contribution in [0.4, 0.5) is 10.5 Å². The largest absolute Gasteiger partial charge is 0.454 e. The molecule has 2 atom stereocenters. The van der Waals surface area contributed by atoms with Crippen LogP contribution in [0.1, 0.15) is 62.4 Å². The second kappa shape index (κ2) is 13.1. The number of anilines is 1. The lowest BCUT2D eigenvalue weighted by Crippen LogP contribution is -2.42. The third kappa shape index (κ3) is 7.95. The fourth-order valence-corrected chi connectivity index (χ4v) is 4.91. The Morgan fingerprint density at radius 3 is 2.02 bits per heavy atom. The van der Waals surface area contributed by atoms with Crippen LogP contribution in [-0.4, -0.2) is 35.0 Å². The summed E-state index contributed by atoms with van der Waals surface area (Å²) in [6.45, 7) is 5.04. The van der Waals surface area contributed by atoms with E-state index in [2.05, 4.69) is 10.6 Å². The van der Waals surface area contributed by atoms with Crippen molar-refractivity contribution in [2.75, 3.05) is 11.9 Å². The zero-order valence-corrected chi connectivity index (χ0v) is 23.5. The normalized spacial score (nSPS) is 17.1. The minimum atomic E-state index is -0.717. The Balaban J connectivity index is 1.42. The van der Waals surface area contributed by atoms with Crippen LogP contribution in [0, 0.1) is 0 Å². The molecular weight excluding hydrogens is 520 g/mol. The lowest BCUT2D eigenvalue weighted by atomic mass is 10.0. The van der Waals surface area contributed by atoms with E-state index in [1.54, 1.807) is 45.0 Å². The lowest BCUT2D eigenvalue weighted by molar-refractivity contribution is -0.154. The van der Waals surface area contributed by atoms with Crippen molar-refractivity contribution >= 4 is 29.7 Å². The van der Waals surface area contributed by atoms with Crippen LogP contribution < -0.4 is 16.5 Å². The Morgan fingerprint density at radius 1 is 0.902 bits per heavy atom. The van der Waals surface area contributed by atoms with Gasteiger partial charge in [0.25, 0.3) is 0 Å². The summed E-state index contributed by atoms with van der Waals surface area (Å²) in [6, 6.07) is 26.0. The maximum atomic E-state index is 13.5. The molecule has 0 saturated carbocycles. The molecule has 3 amide bonds. The molecule has 4 N–H and O–H groups in total. The number of ether oxygens (including phenoxy) is 1. The summed E-state index contributed by atoms with van der Waals surface area (Å²) in [5, 5.41) is 5.43. The van der Waals surface area contributed by atoms with E-state index >= 15 is 0 Å². The third-order valence-corrected chi connectivity index (χ3v) is 6.61. The predicted octanol–water partition coefficient (Wildman–Crippen LogP) is 5.49. The standard InChI is InChI=1S/C32H36N4O5/c1-32(2,3)40-30(38)28(41-33)20-22-11-10-16-25(19-22)35-31(39)34-21-29(37)36-26(23-12-6-4-7-13-23)17-18-27(36)24-14-8-5-9-15-24/h4-16,19-20,26-27H,17-18,21,33H2,1-3H3,(H2,34,35,39)/t26-,27+. The number of hydrogen-bond acceptors (Lipinski definition) is 6. The number of nitrogens with zero attached hydrogens (tertiary/aromatic N) is 1. The number of rotatable bonds is 8. The predicted molar refractivity (Wildman–Crippen MR) is 157 cm³/mol. The lowest BCUT2D eigenvalue weighted by Gasteiger charge is -2.31. The van der Waals surface area contributed by atoms with E-state index in [9.17, 15) is 14.4 Å². The Hall–Kier alpha value is -4.63. The van der Waals surface area contributed by atoms with Crippen molar-refractivity contribution in [1.82, 2.24) is 10.2 Å². The molecule has 0 aliphatic carbocycles. The molecular formula is C32H36N4O5. The highest BCUT2D eigenvalue weighted by Gasteiger charge is 2.38. The van der Waals surface area contributed by atoms with Gasteiger partial charge in [-0.3, -0.25) is 4.79 Å². The first-order valence-electron chi connectivity index (χ1n) is 13.5. The molecule has 3 aromatic rings. The van der Waals surface area contributed by atoms with Gasteiger partial charge in [-0.25, -0.2) is 9.59 Å². The van der Waals surface area contributed by atoms with E-state index in [-0.39, 0.29) is 30.3 Å². The molecule has 1 aliphatic rings. The van der Waals surface area contributed by atoms with E-state index in [1.807, 2.05) is 65.6 Å². The SMILES string of the molecule is CC(C)(C)OC(=O)C(=Cc1cccc(NC(=O)NCC(=O)N2[C@@H](c3ccccc3)CC[C@H]2c2ccccc2)c1)ON. The Morgan fingerprint density at radius 2 is 1.49 bits per heavy atom. The Kier molecular flexibility index (Phi) is 9.41. The van der Waals surface area contributed by atoms with Gasteiger partial charge in [0.2, 0.25) is 11.7 Å². The first kappa shape index (κ1) is 29.4. The van der Waals surface area contributed by atoms with Gasteiger partial charge in [0.15, 0.2) is 0 Å². The van der Waals surface area contributed by atoms with Crippen molar-refractivity contribution < 1.29 is 24.0 Å². The Labute approximate surface area is 240 Å². The molecule has 3 aromatic carbocycles. The van der Waals surface area contributed by atoms with Crippen LogP contribution in [-0.2, 0) is 19.2 Å². The number of carbonyl (C=O) groups is 3. The fraction of sp³-hybridized carbons (Fsp3) is 0.281. The van der Waals surface area contributed by atoms with Crippen LogP contribution in [0.25, 0.3) is 6.08 Å². The van der Waals surface area contributed by atoms with Gasteiger partial charge < -0.3 is 25.1 Å². The first-order chi connectivity index (χ1) is 19.6. The minimum absolute atomic E-state index is 0.0776. The smallest absolute Gasteiger partial charge is 0.376 e. The highest BCUT2D eigenvalue weighted by Crippen LogP contribution is 2.43. The number of nitrogens with two attached hydrogens (primary N) is 1. The average Bonchev–Trinajstić information content (AvgIpc) is 3.40. The topological polar surface area (TPSA) is 123 Å². The Bertz CT molecular complexity index is 1340. The molecule has 9 heteroatoms. The van der Waals surface area contributed by atoms with Gasteiger partial charge in [-0.15, -0.1) is 0 Å². The number of carbonyl (C=O) groups excluding carboxylic acids is 3. The van der Waals surface area contributed by atoms with Crippen molar-refractivity contribution in [3.05, 3.63) is 107 Å². The van der Waals surface area contributed by atoms with E-state index < -0.39 is 17.6 Å². The summed E-state index contributed by atoms with van der Waals surface area (Å²) in [4.78, 5) is 45.3. The molecule has 0 spiro atoms. The van der Waals surface area contributed by atoms with Crippen molar-refractivity contribution in [3.8, 4) is 0 Å². The molecule has 9 nitrogen and oxygen atoms in total. The summed E-state index contributed by atoms with van der Waals surface area (Å²) in [7, 11) is 0. The number of esters is 1. The van der Waals surface area contributed by atoms with Gasteiger partial charge >= 0.3 is 12.0 Å². The summed E-state index contributed by atoms with van der Waals surface area (Å²) < 4.78 is 5.30. The second-order valence-electron chi connectivity index (χ2n) is 10.8. The van der Waals surface area contributed by atoms with Crippen molar-refractivity contribution in [2.45, 2.75) is 51.3 Å². The highest BCUT2D eigenvalue weighted by molar-refractivity contribution is 5.94. The van der Waals surface area contributed by atoms with E-state index in [4.69, 9.17) is 15.5 Å². The minimum Gasteiger partial charge on any atom is -0.454 e. The molecule has 1 fully saturated rings. The van der Waals surface area contributed by atoms with E-state index in [1.165, 1.54) is 6.08 Å². The third-order valence-electron chi connectivity index (χ3n) is 6.61. The highest BCUT2D eigenvalue weighted by atomic mass is 16.6. The number of urea groups is 1. The maximum Gasteiger partial charge on any atom is 0.376 e. The zero-order valence-electron chi connectivity index (χ0n) is 23.5. The van der Waals surface area contributed by atoms with Crippen LogP contribution in [0.15, 0.2) is 90.7 Å². The summed E-state index contributed by atoms with van der Waals surface area (Å²) in [5.41, 5.74) is 2.43.